The second kappa shape index (κ2) is 4.39. The molecule has 1 spiro atoms. The van der Waals surface area contributed by atoms with Gasteiger partial charge >= 0.3 is 5.97 Å². The highest BCUT2D eigenvalue weighted by atomic mass is 16.6. The van der Waals surface area contributed by atoms with Gasteiger partial charge in [0.15, 0.2) is 5.78 Å². The van der Waals surface area contributed by atoms with Gasteiger partial charge in [-0.1, -0.05) is 19.4 Å². The van der Waals surface area contributed by atoms with E-state index in [-0.39, 0.29) is 22.4 Å². The summed E-state index contributed by atoms with van der Waals surface area (Å²) in [4.78, 5) is 24.3. The van der Waals surface area contributed by atoms with E-state index in [4.69, 9.17) is 4.74 Å². The number of carbonyl (C=O) groups excluding carboxylic acids is 2. The second-order valence-corrected chi connectivity index (χ2v) is 11.5. The number of esters is 1. The van der Waals surface area contributed by atoms with Gasteiger partial charge in [-0.05, 0) is 85.5 Å². The summed E-state index contributed by atoms with van der Waals surface area (Å²) in [6, 6.07) is 0. The van der Waals surface area contributed by atoms with Crippen molar-refractivity contribution in [3.63, 3.8) is 0 Å². The van der Waals surface area contributed by atoms with E-state index in [1.165, 1.54) is 31.3 Å². The Bertz CT molecular complexity index is 827. The predicted octanol–water partition coefficient (Wildman–Crippen LogP) is 4.31. The van der Waals surface area contributed by atoms with Gasteiger partial charge in [0.25, 0.3) is 0 Å². The van der Waals surface area contributed by atoms with Crippen molar-refractivity contribution in [1.82, 2.24) is 0 Å². The van der Waals surface area contributed by atoms with Crippen molar-refractivity contribution in [2.75, 3.05) is 0 Å². The predicted molar refractivity (Wildman–Crippen MR) is 99.5 cm³/mol. The number of allylic oxidation sites excluding steroid dienone is 1. The number of rotatable bonds is 0. The lowest BCUT2D eigenvalue weighted by Gasteiger charge is -2.60. The first-order valence-electron chi connectivity index (χ1n) is 11.4. The minimum Gasteiger partial charge on any atom is -0.458 e. The molecule has 0 bridgehead atoms. The minimum absolute atomic E-state index is 0.0561. The lowest BCUT2D eigenvalue weighted by atomic mass is 9.45. The van der Waals surface area contributed by atoms with Crippen molar-refractivity contribution >= 4 is 11.8 Å². The first-order chi connectivity index (χ1) is 12.9. The Labute approximate surface area is 161 Å². The smallest absolute Gasteiger partial charge is 0.306 e. The number of fused-ring (bicyclic) bond motifs is 12. The van der Waals surface area contributed by atoms with Gasteiger partial charge in [-0.3, -0.25) is 9.59 Å². The maximum absolute atomic E-state index is 12.2. The van der Waals surface area contributed by atoms with Gasteiger partial charge in [-0.2, -0.15) is 0 Å². The summed E-state index contributed by atoms with van der Waals surface area (Å²) in [7, 11) is 0. The van der Waals surface area contributed by atoms with Crippen molar-refractivity contribution in [1.29, 1.82) is 0 Å². The normalized spacial score (nSPS) is 62.0. The first kappa shape index (κ1) is 15.8. The van der Waals surface area contributed by atoms with Gasteiger partial charge < -0.3 is 4.74 Å². The Morgan fingerprint density at radius 3 is 2.63 bits per heavy atom. The Kier molecular flexibility index (Phi) is 2.56. The fraction of sp³-hybridized carbons (Fsp3) is 0.833. The molecule has 6 aliphatic carbocycles. The highest BCUT2D eigenvalue weighted by Gasteiger charge is 2.81. The quantitative estimate of drug-likeness (QED) is 0.600. The van der Waals surface area contributed by atoms with E-state index in [9.17, 15) is 9.59 Å². The van der Waals surface area contributed by atoms with Gasteiger partial charge in [0.1, 0.15) is 5.60 Å². The number of hydrogen-bond donors (Lipinski definition) is 0. The van der Waals surface area contributed by atoms with Crippen LogP contribution in [0.5, 0.6) is 0 Å². The molecule has 10 atom stereocenters. The first-order valence-corrected chi connectivity index (χ1v) is 11.4. The Hall–Kier alpha value is -1.12. The third-order valence-corrected chi connectivity index (χ3v) is 10.9. The minimum atomic E-state index is -0.131. The van der Waals surface area contributed by atoms with E-state index in [1.807, 2.05) is 0 Å². The summed E-state index contributed by atoms with van der Waals surface area (Å²) in [6.45, 7) is 4.99. The molecule has 7 rings (SSSR count). The third-order valence-electron chi connectivity index (χ3n) is 10.9. The highest BCUT2D eigenvalue weighted by molar-refractivity contribution is 5.92. The second-order valence-electron chi connectivity index (χ2n) is 11.5. The van der Waals surface area contributed by atoms with Gasteiger partial charge in [0.05, 0.1) is 0 Å². The number of hydrogen-bond acceptors (Lipinski definition) is 3. The Balaban J connectivity index is 1.33. The summed E-state index contributed by atoms with van der Waals surface area (Å²) < 4.78 is 6.22. The lowest BCUT2D eigenvalue weighted by molar-refractivity contribution is -0.177. The van der Waals surface area contributed by atoms with E-state index >= 15 is 0 Å². The van der Waals surface area contributed by atoms with E-state index in [2.05, 4.69) is 19.9 Å². The molecule has 27 heavy (non-hydrogen) atoms. The van der Waals surface area contributed by atoms with Gasteiger partial charge in [-0.25, -0.2) is 0 Å². The fourth-order valence-corrected chi connectivity index (χ4v) is 9.74. The summed E-state index contributed by atoms with van der Waals surface area (Å²) in [5.74, 6) is 5.65. The SMILES string of the molecule is C[C@@]12CCC(=O)C=C1[C@@H]1C[C@@H]1[C@H]1[C@@H]3[C@@H]4C[C@@H]4[C@]4(CCC(=O)O4)[C@]3(C)CC[C@@H]12. The molecular weight excluding hydrogens is 336 g/mol. The summed E-state index contributed by atoms with van der Waals surface area (Å²) in [5, 5.41) is 0. The van der Waals surface area contributed by atoms with E-state index in [1.54, 1.807) is 0 Å². The van der Waals surface area contributed by atoms with Gasteiger partial charge in [-0.15, -0.1) is 0 Å². The molecule has 7 aliphatic rings. The molecule has 0 amide bonds. The van der Waals surface area contributed by atoms with Crippen LogP contribution in [0.25, 0.3) is 0 Å². The highest BCUT2D eigenvalue weighted by Crippen LogP contribution is 2.82. The molecule has 0 aromatic heterocycles. The number of ketones is 1. The molecular formula is C24H30O3. The zero-order chi connectivity index (χ0) is 18.3. The standard InChI is InChI=1S/C24H30O3/c1-22-6-3-12(25)9-17(22)13-10-14(13)20-16(22)4-7-23(2)21(20)15-11-18(15)24(23)8-5-19(26)27-24/h9,13-16,18,20-21H,3-8,10-11H2,1-2H3/t13-,14+,15-,16+,18+,20-,21+,22+,23-,24-/m1/s1. The van der Waals surface area contributed by atoms with Crippen LogP contribution in [0.3, 0.4) is 0 Å². The topological polar surface area (TPSA) is 43.4 Å². The summed E-state index contributed by atoms with van der Waals surface area (Å²) >= 11 is 0. The van der Waals surface area contributed by atoms with Crippen molar-refractivity contribution in [3.8, 4) is 0 Å². The van der Waals surface area contributed by atoms with Crippen LogP contribution < -0.4 is 0 Å². The molecule has 5 saturated carbocycles. The molecule has 144 valence electrons. The molecule has 3 heteroatoms. The van der Waals surface area contributed by atoms with Crippen LogP contribution >= 0.6 is 0 Å². The molecule has 0 radical (unpaired) electrons. The van der Waals surface area contributed by atoms with Crippen molar-refractivity contribution in [2.45, 2.75) is 70.8 Å². The molecule has 6 fully saturated rings. The monoisotopic (exact) mass is 366 g/mol. The van der Waals surface area contributed by atoms with Crippen LogP contribution in [0.1, 0.15) is 65.2 Å². The van der Waals surface area contributed by atoms with Crippen LogP contribution in [-0.2, 0) is 14.3 Å². The van der Waals surface area contributed by atoms with E-state index in [0.717, 1.165) is 48.9 Å². The molecule has 0 aromatic carbocycles. The molecule has 0 aromatic rings. The van der Waals surface area contributed by atoms with E-state index < -0.39 is 0 Å². The maximum Gasteiger partial charge on any atom is 0.306 e. The summed E-state index contributed by atoms with van der Waals surface area (Å²) in [6.07, 6.45) is 10.6. The van der Waals surface area contributed by atoms with Crippen molar-refractivity contribution < 1.29 is 14.3 Å². The summed E-state index contributed by atoms with van der Waals surface area (Å²) in [5.41, 5.74) is 1.85. The van der Waals surface area contributed by atoms with Crippen LogP contribution in [0.4, 0.5) is 0 Å². The number of carbonyl (C=O) groups is 2. The van der Waals surface area contributed by atoms with Gasteiger partial charge in [0, 0.05) is 24.2 Å². The van der Waals surface area contributed by atoms with Crippen LogP contribution in [0, 0.1) is 52.3 Å². The molecule has 1 saturated heterocycles. The third kappa shape index (κ3) is 1.58. The Morgan fingerprint density at radius 2 is 1.85 bits per heavy atom. The molecule has 0 N–H and O–H groups in total. The lowest BCUT2D eigenvalue weighted by Crippen LogP contribution is -2.57. The van der Waals surface area contributed by atoms with Crippen LogP contribution in [0.2, 0.25) is 0 Å². The largest absolute Gasteiger partial charge is 0.458 e. The zero-order valence-electron chi connectivity index (χ0n) is 16.5. The fourth-order valence-electron chi connectivity index (χ4n) is 9.74. The van der Waals surface area contributed by atoms with Crippen molar-refractivity contribution in [3.05, 3.63) is 11.6 Å². The average Bonchev–Trinajstić information content (AvgIpc) is 3.53. The number of ether oxygens (including phenoxy) is 1. The van der Waals surface area contributed by atoms with Gasteiger partial charge in [0.2, 0.25) is 0 Å². The van der Waals surface area contributed by atoms with Crippen molar-refractivity contribution in [2.24, 2.45) is 52.3 Å². The Morgan fingerprint density at radius 1 is 1.00 bits per heavy atom. The van der Waals surface area contributed by atoms with E-state index in [0.29, 0.717) is 24.0 Å². The molecule has 1 heterocycles. The molecule has 1 aliphatic heterocycles. The molecule has 3 nitrogen and oxygen atoms in total. The maximum atomic E-state index is 12.2. The zero-order valence-corrected chi connectivity index (χ0v) is 16.5. The van der Waals surface area contributed by atoms with Crippen LogP contribution in [-0.4, -0.2) is 17.4 Å². The average molecular weight is 367 g/mol. The molecule has 0 unspecified atom stereocenters. The van der Waals surface area contributed by atoms with Crippen LogP contribution in [0.15, 0.2) is 11.6 Å².